The van der Waals surface area contributed by atoms with Gasteiger partial charge in [-0.05, 0) is 5.56 Å². The van der Waals surface area contributed by atoms with Crippen LogP contribution < -0.4 is 10.5 Å². The van der Waals surface area contributed by atoms with Gasteiger partial charge < -0.3 is 15.6 Å². The van der Waals surface area contributed by atoms with Crippen LogP contribution in [0, 0.1) is 0 Å². The lowest BCUT2D eigenvalue weighted by Crippen LogP contribution is -2.13. The number of carboxylic acid groups (broad SMARTS) is 1. The number of ether oxygens (including phenoxy) is 1. The second-order valence-electron chi connectivity index (χ2n) is 3.26. The van der Waals surface area contributed by atoms with E-state index in [0.717, 1.165) is 6.20 Å². The van der Waals surface area contributed by atoms with E-state index in [0.29, 0.717) is 0 Å². The monoisotopic (exact) mass is 246 g/mol. The van der Waals surface area contributed by atoms with Crippen molar-refractivity contribution in [3.8, 4) is 5.88 Å². The molecule has 3 N–H and O–H groups in total. The second-order valence-corrected chi connectivity index (χ2v) is 3.26. The van der Waals surface area contributed by atoms with Gasteiger partial charge in [-0.2, -0.15) is 0 Å². The summed E-state index contributed by atoms with van der Waals surface area (Å²) in [4.78, 5) is 14.3. The molecule has 7 heteroatoms. The van der Waals surface area contributed by atoms with Gasteiger partial charge in [-0.25, -0.2) is 13.8 Å². The molecule has 0 aliphatic rings. The predicted octanol–water partition coefficient (Wildman–Crippen LogP) is 1.11. The molecule has 1 aromatic heterocycles. The molecule has 1 aromatic rings. The number of carbonyl (C=O) groups is 1. The number of aromatic nitrogens is 1. The third kappa shape index (κ3) is 2.88. The van der Waals surface area contributed by atoms with Gasteiger partial charge in [0.25, 0.3) is 6.43 Å². The van der Waals surface area contributed by atoms with Crippen molar-refractivity contribution in [3.63, 3.8) is 0 Å². The van der Waals surface area contributed by atoms with Crippen LogP contribution >= 0.6 is 0 Å². The molecule has 0 radical (unpaired) electrons. The van der Waals surface area contributed by atoms with E-state index in [1.54, 1.807) is 0 Å². The fourth-order valence-electron chi connectivity index (χ4n) is 1.52. The van der Waals surface area contributed by atoms with Crippen LogP contribution in [0.1, 0.15) is 23.1 Å². The molecule has 0 saturated carbocycles. The van der Waals surface area contributed by atoms with Gasteiger partial charge in [0.1, 0.15) is 0 Å². The van der Waals surface area contributed by atoms with Crippen LogP contribution in [-0.4, -0.2) is 23.2 Å². The highest BCUT2D eigenvalue weighted by Gasteiger charge is 2.21. The Morgan fingerprint density at radius 2 is 2.24 bits per heavy atom. The summed E-state index contributed by atoms with van der Waals surface area (Å²) in [6, 6.07) is 0. The minimum Gasteiger partial charge on any atom is -0.481 e. The Hall–Kier alpha value is -1.76. The van der Waals surface area contributed by atoms with E-state index in [4.69, 9.17) is 15.6 Å². The topological polar surface area (TPSA) is 85.4 Å². The maximum Gasteiger partial charge on any atom is 0.307 e. The largest absolute Gasteiger partial charge is 0.481 e. The van der Waals surface area contributed by atoms with Crippen molar-refractivity contribution < 1.29 is 23.4 Å². The number of nitrogens with zero attached hydrogens (tertiary/aromatic N) is 1. The lowest BCUT2D eigenvalue weighted by atomic mass is 10.0. The van der Waals surface area contributed by atoms with Gasteiger partial charge in [0.2, 0.25) is 5.88 Å². The molecule has 17 heavy (non-hydrogen) atoms. The lowest BCUT2D eigenvalue weighted by Gasteiger charge is -2.14. The summed E-state index contributed by atoms with van der Waals surface area (Å²) in [5.41, 5.74) is 5.17. The molecule has 0 saturated heterocycles. The zero-order valence-electron chi connectivity index (χ0n) is 9.11. The number of alkyl halides is 2. The Kier molecular flexibility index (Phi) is 4.33. The summed E-state index contributed by atoms with van der Waals surface area (Å²) in [7, 11) is 1.31. The average molecular weight is 246 g/mol. The minimum absolute atomic E-state index is 0.0261. The van der Waals surface area contributed by atoms with E-state index in [9.17, 15) is 13.6 Å². The second kappa shape index (κ2) is 5.53. The van der Waals surface area contributed by atoms with Crippen LogP contribution in [0.25, 0.3) is 0 Å². The zero-order chi connectivity index (χ0) is 13.0. The zero-order valence-corrected chi connectivity index (χ0v) is 9.11. The molecular formula is C10H12F2N2O3. The van der Waals surface area contributed by atoms with Crippen molar-refractivity contribution in [2.75, 3.05) is 7.11 Å². The van der Waals surface area contributed by atoms with Gasteiger partial charge in [-0.3, -0.25) is 4.79 Å². The molecule has 0 unspecified atom stereocenters. The number of aliphatic carboxylic acids is 1. The molecule has 0 amide bonds. The minimum atomic E-state index is -2.80. The Bertz CT molecular complexity index is 424. The maximum atomic E-state index is 12.7. The summed E-state index contributed by atoms with van der Waals surface area (Å²) < 4.78 is 30.3. The van der Waals surface area contributed by atoms with Crippen molar-refractivity contribution in [2.24, 2.45) is 5.73 Å². The van der Waals surface area contributed by atoms with E-state index in [-0.39, 0.29) is 23.6 Å². The molecule has 0 aliphatic heterocycles. The Morgan fingerprint density at radius 3 is 2.65 bits per heavy atom. The molecule has 94 valence electrons. The van der Waals surface area contributed by atoms with Crippen molar-refractivity contribution in [1.82, 2.24) is 4.98 Å². The molecule has 1 rings (SSSR count). The first-order valence-electron chi connectivity index (χ1n) is 4.75. The first-order chi connectivity index (χ1) is 8.01. The quantitative estimate of drug-likeness (QED) is 0.812. The molecule has 0 aliphatic carbocycles. The van der Waals surface area contributed by atoms with Gasteiger partial charge in [0.05, 0.1) is 13.5 Å². The number of hydrogen-bond acceptors (Lipinski definition) is 4. The van der Waals surface area contributed by atoms with Crippen LogP contribution in [0.15, 0.2) is 6.20 Å². The predicted molar refractivity (Wildman–Crippen MR) is 55.0 cm³/mol. The number of rotatable bonds is 5. The average Bonchev–Trinajstić information content (AvgIpc) is 2.27. The molecule has 0 aromatic carbocycles. The summed E-state index contributed by atoms with van der Waals surface area (Å²) in [6.45, 7) is -0.112. The number of nitrogens with two attached hydrogens (primary N) is 1. The third-order valence-electron chi connectivity index (χ3n) is 2.25. The van der Waals surface area contributed by atoms with E-state index < -0.39 is 24.4 Å². The van der Waals surface area contributed by atoms with Crippen LogP contribution in [0.4, 0.5) is 8.78 Å². The van der Waals surface area contributed by atoms with Crippen LogP contribution in [0.2, 0.25) is 0 Å². The SMILES string of the molecule is COc1ncc(C(F)F)c(CC(=O)O)c1CN. The van der Waals surface area contributed by atoms with Gasteiger partial charge >= 0.3 is 5.97 Å². The smallest absolute Gasteiger partial charge is 0.307 e. The van der Waals surface area contributed by atoms with Gasteiger partial charge in [0.15, 0.2) is 0 Å². The molecule has 1 heterocycles. The van der Waals surface area contributed by atoms with E-state index >= 15 is 0 Å². The fraction of sp³-hybridized carbons (Fsp3) is 0.400. The molecule has 0 atom stereocenters. The van der Waals surface area contributed by atoms with Gasteiger partial charge in [-0.15, -0.1) is 0 Å². The van der Waals surface area contributed by atoms with Crippen LogP contribution in [-0.2, 0) is 17.8 Å². The number of methoxy groups -OCH3 is 1. The summed E-state index contributed by atoms with van der Waals surface area (Å²) in [6.07, 6.45) is -2.42. The maximum absolute atomic E-state index is 12.7. The number of pyridine rings is 1. The Balaban J connectivity index is 3.38. The highest BCUT2D eigenvalue weighted by Crippen LogP contribution is 2.29. The van der Waals surface area contributed by atoms with E-state index in [2.05, 4.69) is 4.98 Å². The van der Waals surface area contributed by atoms with Gasteiger partial charge in [0, 0.05) is 23.9 Å². The third-order valence-corrected chi connectivity index (χ3v) is 2.25. The highest BCUT2D eigenvalue weighted by atomic mass is 19.3. The van der Waals surface area contributed by atoms with E-state index in [1.165, 1.54) is 7.11 Å². The highest BCUT2D eigenvalue weighted by molar-refractivity contribution is 5.71. The Morgan fingerprint density at radius 1 is 1.59 bits per heavy atom. The number of carboxylic acids is 1. The molecule has 0 spiro atoms. The first kappa shape index (κ1) is 13.3. The van der Waals surface area contributed by atoms with Crippen molar-refractivity contribution in [2.45, 2.75) is 19.4 Å². The Labute approximate surface area is 96.2 Å². The summed E-state index contributed by atoms with van der Waals surface area (Å²) in [5.74, 6) is -1.14. The molecule has 0 bridgehead atoms. The summed E-state index contributed by atoms with van der Waals surface area (Å²) in [5, 5.41) is 8.71. The van der Waals surface area contributed by atoms with Crippen molar-refractivity contribution in [1.29, 1.82) is 0 Å². The summed E-state index contributed by atoms with van der Waals surface area (Å²) >= 11 is 0. The molecule has 0 fully saturated rings. The van der Waals surface area contributed by atoms with Crippen LogP contribution in [0.5, 0.6) is 5.88 Å². The standard InChI is InChI=1S/C10H12F2N2O3/c1-17-10-6(3-13)5(2-8(15)16)7(4-14-10)9(11)12/h4,9H,2-3,13H2,1H3,(H,15,16). The lowest BCUT2D eigenvalue weighted by molar-refractivity contribution is -0.136. The van der Waals surface area contributed by atoms with Crippen molar-refractivity contribution in [3.05, 3.63) is 22.9 Å². The number of hydrogen-bond donors (Lipinski definition) is 2. The van der Waals surface area contributed by atoms with Crippen molar-refractivity contribution >= 4 is 5.97 Å². The fourth-order valence-corrected chi connectivity index (χ4v) is 1.52. The van der Waals surface area contributed by atoms with E-state index in [1.807, 2.05) is 0 Å². The number of halogens is 2. The molecular weight excluding hydrogens is 234 g/mol. The normalized spacial score (nSPS) is 10.6. The van der Waals surface area contributed by atoms with Gasteiger partial charge in [-0.1, -0.05) is 0 Å². The van der Waals surface area contributed by atoms with Crippen LogP contribution in [0.3, 0.4) is 0 Å². The first-order valence-corrected chi connectivity index (χ1v) is 4.75. The molecule has 5 nitrogen and oxygen atoms in total.